The maximum absolute atomic E-state index is 14.1. The van der Waals surface area contributed by atoms with Crippen molar-refractivity contribution in [1.82, 2.24) is 25.1 Å². The molecule has 2 unspecified atom stereocenters. The number of anilines is 2. The molecule has 1 aliphatic heterocycles. The standard InChI is InChI=1S/C24H26ClFN6O/c1-3-5-22(16-6-7-17(25)18(26)12-16)32-11-9-15(13-23(32)33)20-8-10-27-24(29-20)30-21-14-28-31-19(21)4-2/h6-14,22-23,33H,3-5H2,1-2H3,(H,28,31)(H,27,29,30). The number of aliphatic hydroxyl groups is 1. The minimum absolute atomic E-state index is 0.0839. The van der Waals surface area contributed by atoms with Gasteiger partial charge in [-0.1, -0.05) is 37.9 Å². The van der Waals surface area contributed by atoms with Crippen molar-refractivity contribution in [2.24, 2.45) is 0 Å². The molecule has 0 amide bonds. The SMILES string of the molecule is CCCC(c1ccc(Cl)c(F)c1)N1C=CC(c2ccnc(Nc3cn[nH]c3CC)n2)=CC1O. The lowest BCUT2D eigenvalue weighted by molar-refractivity contribution is 0.0432. The largest absolute Gasteiger partial charge is 0.370 e. The average Bonchev–Trinajstić information content (AvgIpc) is 3.27. The Hall–Kier alpha value is -3.23. The summed E-state index contributed by atoms with van der Waals surface area (Å²) in [5.41, 5.74) is 4.00. The highest BCUT2D eigenvalue weighted by atomic mass is 35.5. The van der Waals surface area contributed by atoms with Crippen molar-refractivity contribution in [2.45, 2.75) is 45.4 Å². The van der Waals surface area contributed by atoms with Gasteiger partial charge in [-0.2, -0.15) is 5.10 Å². The van der Waals surface area contributed by atoms with Gasteiger partial charge >= 0.3 is 0 Å². The number of rotatable bonds is 8. The monoisotopic (exact) mass is 468 g/mol. The maximum atomic E-state index is 14.1. The van der Waals surface area contributed by atoms with E-state index < -0.39 is 12.0 Å². The van der Waals surface area contributed by atoms with Gasteiger partial charge in [-0.05, 0) is 48.8 Å². The van der Waals surface area contributed by atoms with Crippen LogP contribution in [0.4, 0.5) is 16.0 Å². The number of aliphatic hydroxyl groups excluding tert-OH is 1. The summed E-state index contributed by atoms with van der Waals surface area (Å²) < 4.78 is 14.1. The number of aryl methyl sites for hydroxylation is 1. The lowest BCUT2D eigenvalue weighted by Crippen LogP contribution is -2.34. The number of H-pyrrole nitrogens is 1. The van der Waals surface area contributed by atoms with Crippen molar-refractivity contribution in [2.75, 3.05) is 5.32 Å². The molecule has 0 radical (unpaired) electrons. The average molecular weight is 469 g/mol. The molecule has 0 bridgehead atoms. The van der Waals surface area contributed by atoms with Gasteiger partial charge in [0.25, 0.3) is 0 Å². The lowest BCUT2D eigenvalue weighted by Gasteiger charge is -2.36. The zero-order chi connectivity index (χ0) is 23.4. The molecular formula is C24H26ClFN6O. The number of benzene rings is 1. The summed E-state index contributed by atoms with van der Waals surface area (Å²) >= 11 is 5.85. The molecule has 0 aliphatic carbocycles. The summed E-state index contributed by atoms with van der Waals surface area (Å²) in [5.74, 6) is -0.0258. The fourth-order valence-corrected chi connectivity index (χ4v) is 4.00. The third-order valence-corrected chi connectivity index (χ3v) is 5.89. The van der Waals surface area contributed by atoms with E-state index in [0.717, 1.165) is 41.8 Å². The zero-order valence-corrected chi connectivity index (χ0v) is 19.2. The molecule has 4 rings (SSSR count). The number of hydrogen-bond donors (Lipinski definition) is 3. The van der Waals surface area contributed by atoms with E-state index in [1.165, 1.54) is 6.07 Å². The van der Waals surface area contributed by atoms with Crippen molar-refractivity contribution in [3.63, 3.8) is 0 Å². The Labute approximate surface area is 197 Å². The Morgan fingerprint density at radius 3 is 2.88 bits per heavy atom. The van der Waals surface area contributed by atoms with Gasteiger partial charge in [-0.25, -0.2) is 14.4 Å². The van der Waals surface area contributed by atoms with Gasteiger partial charge in [0.05, 0.1) is 34.3 Å². The number of aromatic nitrogens is 4. The first kappa shape index (κ1) is 22.9. The Kier molecular flexibility index (Phi) is 7.05. The maximum Gasteiger partial charge on any atom is 0.227 e. The van der Waals surface area contributed by atoms with Gasteiger partial charge in [-0.3, -0.25) is 5.10 Å². The smallest absolute Gasteiger partial charge is 0.227 e. The molecule has 1 aromatic carbocycles. The quantitative estimate of drug-likeness (QED) is 0.411. The molecule has 1 aliphatic rings. The molecule has 172 valence electrons. The Balaban J connectivity index is 1.55. The third-order valence-electron chi connectivity index (χ3n) is 5.58. The number of allylic oxidation sites excluding steroid dienone is 2. The first-order valence-corrected chi connectivity index (χ1v) is 11.3. The van der Waals surface area contributed by atoms with Crippen LogP contribution in [0.15, 0.2) is 55.0 Å². The third kappa shape index (κ3) is 5.07. The van der Waals surface area contributed by atoms with E-state index in [-0.39, 0.29) is 11.1 Å². The normalized spacial score (nSPS) is 16.6. The van der Waals surface area contributed by atoms with Gasteiger partial charge in [-0.15, -0.1) is 0 Å². The van der Waals surface area contributed by atoms with Crippen molar-refractivity contribution in [1.29, 1.82) is 0 Å². The fourth-order valence-electron chi connectivity index (χ4n) is 3.89. The Morgan fingerprint density at radius 2 is 2.15 bits per heavy atom. The van der Waals surface area contributed by atoms with Crippen molar-refractivity contribution >= 4 is 28.8 Å². The van der Waals surface area contributed by atoms with Crippen LogP contribution in [0.25, 0.3) is 5.57 Å². The van der Waals surface area contributed by atoms with Crippen LogP contribution < -0.4 is 5.32 Å². The van der Waals surface area contributed by atoms with Gasteiger partial charge < -0.3 is 15.3 Å². The van der Waals surface area contributed by atoms with E-state index in [9.17, 15) is 9.50 Å². The van der Waals surface area contributed by atoms with Gasteiger partial charge in [0.2, 0.25) is 5.95 Å². The van der Waals surface area contributed by atoms with Crippen LogP contribution >= 0.6 is 11.6 Å². The minimum Gasteiger partial charge on any atom is -0.370 e. The van der Waals surface area contributed by atoms with Crippen LogP contribution in [0.3, 0.4) is 0 Å². The zero-order valence-electron chi connectivity index (χ0n) is 18.5. The van der Waals surface area contributed by atoms with E-state index in [2.05, 4.69) is 32.4 Å². The van der Waals surface area contributed by atoms with Crippen LogP contribution in [0.2, 0.25) is 5.02 Å². The number of nitrogens with one attached hydrogen (secondary N) is 2. The Bertz CT molecular complexity index is 1180. The molecule has 33 heavy (non-hydrogen) atoms. The highest BCUT2D eigenvalue weighted by Crippen LogP contribution is 2.33. The highest BCUT2D eigenvalue weighted by molar-refractivity contribution is 6.30. The van der Waals surface area contributed by atoms with E-state index in [1.807, 2.05) is 24.1 Å². The molecule has 0 fully saturated rings. The summed E-state index contributed by atoms with van der Waals surface area (Å²) in [6.45, 7) is 4.09. The van der Waals surface area contributed by atoms with Crippen LogP contribution in [0.1, 0.15) is 49.7 Å². The van der Waals surface area contributed by atoms with E-state index in [4.69, 9.17) is 11.6 Å². The molecule has 3 N–H and O–H groups in total. The number of aromatic amines is 1. The second-order valence-electron chi connectivity index (χ2n) is 7.78. The first-order valence-electron chi connectivity index (χ1n) is 10.9. The molecule has 3 heterocycles. The number of nitrogens with zero attached hydrogens (tertiary/aromatic N) is 4. The molecule has 2 aromatic heterocycles. The molecule has 3 aromatic rings. The van der Waals surface area contributed by atoms with E-state index in [1.54, 1.807) is 36.7 Å². The van der Waals surface area contributed by atoms with Crippen molar-refractivity contribution in [3.8, 4) is 0 Å². The molecule has 0 saturated heterocycles. The molecule has 9 heteroatoms. The van der Waals surface area contributed by atoms with Crippen LogP contribution in [-0.2, 0) is 6.42 Å². The van der Waals surface area contributed by atoms with Gasteiger partial charge in [0.1, 0.15) is 12.0 Å². The second-order valence-corrected chi connectivity index (χ2v) is 8.19. The van der Waals surface area contributed by atoms with Crippen LogP contribution in [-0.4, -0.2) is 36.4 Å². The number of halogens is 2. The topological polar surface area (TPSA) is 90.0 Å². The molecule has 7 nitrogen and oxygen atoms in total. The highest BCUT2D eigenvalue weighted by Gasteiger charge is 2.25. The van der Waals surface area contributed by atoms with Gasteiger partial charge in [0, 0.05) is 18.0 Å². The van der Waals surface area contributed by atoms with Crippen LogP contribution in [0, 0.1) is 5.82 Å². The summed E-state index contributed by atoms with van der Waals surface area (Å²) in [5, 5.41) is 21.2. The Morgan fingerprint density at radius 1 is 1.30 bits per heavy atom. The fraction of sp³-hybridized carbons (Fsp3) is 0.292. The predicted octanol–water partition coefficient (Wildman–Crippen LogP) is 5.37. The number of hydrogen-bond acceptors (Lipinski definition) is 6. The van der Waals surface area contributed by atoms with Crippen LogP contribution in [0.5, 0.6) is 0 Å². The molecule has 2 atom stereocenters. The van der Waals surface area contributed by atoms with E-state index in [0.29, 0.717) is 11.6 Å². The lowest BCUT2D eigenvalue weighted by atomic mass is 9.98. The van der Waals surface area contributed by atoms with Gasteiger partial charge in [0.15, 0.2) is 0 Å². The molecule has 0 spiro atoms. The van der Waals surface area contributed by atoms with Crippen molar-refractivity contribution < 1.29 is 9.50 Å². The second kappa shape index (κ2) is 10.1. The van der Waals surface area contributed by atoms with E-state index >= 15 is 0 Å². The summed E-state index contributed by atoms with van der Waals surface area (Å²) in [6.07, 6.45) is 10.3. The first-order chi connectivity index (χ1) is 16.0. The predicted molar refractivity (Wildman–Crippen MR) is 127 cm³/mol. The molecular weight excluding hydrogens is 443 g/mol. The summed E-state index contributed by atoms with van der Waals surface area (Å²) in [7, 11) is 0. The summed E-state index contributed by atoms with van der Waals surface area (Å²) in [4.78, 5) is 10.7. The summed E-state index contributed by atoms with van der Waals surface area (Å²) in [6, 6.07) is 6.38. The minimum atomic E-state index is -0.896. The van der Waals surface area contributed by atoms with Crippen molar-refractivity contribution in [3.05, 3.63) is 82.8 Å². The molecule has 0 saturated carbocycles.